The zero-order valence-electron chi connectivity index (χ0n) is 16.5. The van der Waals surface area contributed by atoms with Crippen molar-refractivity contribution in [2.24, 2.45) is 0 Å². The molecule has 4 aromatic rings. The van der Waals surface area contributed by atoms with E-state index in [0.29, 0.717) is 16.8 Å². The predicted octanol–water partition coefficient (Wildman–Crippen LogP) is 4.74. The van der Waals surface area contributed by atoms with Crippen molar-refractivity contribution in [1.82, 2.24) is 4.98 Å². The molecule has 0 atom stereocenters. The van der Waals surface area contributed by atoms with Crippen LogP contribution < -0.4 is 10.0 Å². The summed E-state index contributed by atoms with van der Waals surface area (Å²) in [6.45, 7) is 1.55. The number of rotatable bonds is 5. The first kappa shape index (κ1) is 20.5. The number of benzene rings is 3. The number of hydrogen-bond donors (Lipinski definition) is 2. The number of carbonyl (C=O) groups excluding carboxylic acids is 1. The smallest absolute Gasteiger partial charge is 0.261 e. The largest absolute Gasteiger partial charge is 0.320 e. The fourth-order valence-corrected chi connectivity index (χ4v) is 4.14. The van der Waals surface area contributed by atoms with Crippen molar-refractivity contribution in [1.29, 1.82) is 0 Å². The first-order valence-corrected chi connectivity index (χ1v) is 10.9. The number of anilines is 2. The first-order chi connectivity index (χ1) is 14.8. The van der Waals surface area contributed by atoms with Crippen molar-refractivity contribution in [3.63, 3.8) is 0 Å². The molecule has 6 nitrogen and oxygen atoms in total. The third-order valence-corrected chi connectivity index (χ3v) is 6.09. The number of para-hydroxylation sites is 1. The van der Waals surface area contributed by atoms with Gasteiger partial charge in [-0.25, -0.2) is 12.8 Å². The normalized spacial score (nSPS) is 11.3. The monoisotopic (exact) mass is 435 g/mol. The average Bonchev–Trinajstić information content (AvgIpc) is 2.75. The number of halogens is 1. The molecule has 0 saturated carbocycles. The Kier molecular flexibility index (Phi) is 5.39. The van der Waals surface area contributed by atoms with E-state index in [1.54, 1.807) is 31.3 Å². The number of aromatic nitrogens is 1. The molecular weight excluding hydrogens is 417 g/mol. The van der Waals surface area contributed by atoms with Gasteiger partial charge in [-0.1, -0.05) is 30.3 Å². The molecular formula is C23H18FN3O3S. The van der Waals surface area contributed by atoms with Crippen molar-refractivity contribution in [2.45, 2.75) is 11.8 Å². The number of carbonyl (C=O) groups is 1. The van der Waals surface area contributed by atoms with Gasteiger partial charge in [-0.15, -0.1) is 0 Å². The molecule has 0 aliphatic rings. The summed E-state index contributed by atoms with van der Waals surface area (Å²) in [6, 6.07) is 18.9. The number of amides is 1. The molecule has 4 rings (SSSR count). The van der Waals surface area contributed by atoms with Crippen LogP contribution >= 0.6 is 0 Å². The molecule has 0 unspecified atom stereocenters. The van der Waals surface area contributed by atoms with Gasteiger partial charge in [0.05, 0.1) is 16.1 Å². The van der Waals surface area contributed by atoms with E-state index in [2.05, 4.69) is 15.0 Å². The van der Waals surface area contributed by atoms with E-state index in [-0.39, 0.29) is 16.1 Å². The minimum atomic E-state index is -4.01. The van der Waals surface area contributed by atoms with Crippen molar-refractivity contribution < 1.29 is 17.6 Å². The van der Waals surface area contributed by atoms with Crippen LogP contribution in [0.5, 0.6) is 0 Å². The summed E-state index contributed by atoms with van der Waals surface area (Å²) in [5, 5.41) is 3.69. The molecule has 0 radical (unpaired) electrons. The zero-order valence-corrected chi connectivity index (χ0v) is 17.3. The average molecular weight is 435 g/mol. The fourth-order valence-electron chi connectivity index (χ4n) is 3.08. The second kappa shape index (κ2) is 8.16. The van der Waals surface area contributed by atoms with Gasteiger partial charge < -0.3 is 5.32 Å². The Morgan fingerprint density at radius 1 is 0.968 bits per heavy atom. The Balaban J connectivity index is 1.57. The van der Waals surface area contributed by atoms with E-state index in [0.717, 1.165) is 11.5 Å². The second-order valence-electron chi connectivity index (χ2n) is 6.93. The van der Waals surface area contributed by atoms with Gasteiger partial charge in [0.2, 0.25) is 0 Å². The van der Waals surface area contributed by atoms with Gasteiger partial charge in [0.1, 0.15) is 5.82 Å². The van der Waals surface area contributed by atoms with E-state index < -0.39 is 21.7 Å². The SMILES string of the molecule is Cc1ccc(S(=O)(=O)Nc2cccc(C(=O)Nc3cccc4cccnc34)c2)cc1F. The van der Waals surface area contributed by atoms with Crippen LogP contribution in [0.3, 0.4) is 0 Å². The summed E-state index contributed by atoms with van der Waals surface area (Å²) in [7, 11) is -4.01. The van der Waals surface area contributed by atoms with E-state index in [4.69, 9.17) is 0 Å². The highest BCUT2D eigenvalue weighted by Crippen LogP contribution is 2.23. The lowest BCUT2D eigenvalue weighted by molar-refractivity contribution is 0.102. The lowest BCUT2D eigenvalue weighted by Gasteiger charge is -2.11. The number of aryl methyl sites for hydroxylation is 1. The fraction of sp³-hybridized carbons (Fsp3) is 0.0435. The maximum atomic E-state index is 13.8. The number of fused-ring (bicyclic) bond motifs is 1. The minimum absolute atomic E-state index is 0.185. The highest BCUT2D eigenvalue weighted by atomic mass is 32.2. The molecule has 1 aromatic heterocycles. The Labute approximate surface area is 178 Å². The molecule has 0 saturated heterocycles. The highest BCUT2D eigenvalue weighted by Gasteiger charge is 2.17. The molecule has 0 aliphatic carbocycles. The Morgan fingerprint density at radius 2 is 1.74 bits per heavy atom. The summed E-state index contributed by atoms with van der Waals surface area (Å²) in [4.78, 5) is 16.9. The van der Waals surface area contributed by atoms with E-state index in [1.807, 2.05) is 24.3 Å². The Bertz CT molecular complexity index is 1400. The van der Waals surface area contributed by atoms with Crippen molar-refractivity contribution in [3.05, 3.63) is 95.9 Å². The third kappa shape index (κ3) is 4.39. The van der Waals surface area contributed by atoms with Gasteiger partial charge in [-0.05, 0) is 55.0 Å². The topological polar surface area (TPSA) is 88.2 Å². The molecule has 8 heteroatoms. The second-order valence-corrected chi connectivity index (χ2v) is 8.61. The molecule has 2 N–H and O–H groups in total. The number of nitrogens with one attached hydrogen (secondary N) is 2. The standard InChI is InChI=1S/C23H18FN3O3S/c1-15-10-11-19(14-20(15)24)31(29,30)27-18-8-2-6-17(13-18)23(28)26-21-9-3-5-16-7-4-12-25-22(16)21/h2-14,27H,1H3,(H,26,28). The van der Waals surface area contributed by atoms with Crippen LogP contribution in [-0.2, 0) is 10.0 Å². The summed E-state index contributed by atoms with van der Waals surface area (Å²) in [5.41, 5.74) is 1.98. The van der Waals surface area contributed by atoms with Gasteiger partial charge in [-0.2, -0.15) is 0 Å². The first-order valence-electron chi connectivity index (χ1n) is 9.38. The van der Waals surface area contributed by atoms with Gasteiger partial charge in [-0.3, -0.25) is 14.5 Å². The van der Waals surface area contributed by atoms with E-state index >= 15 is 0 Å². The van der Waals surface area contributed by atoms with Crippen LogP contribution in [0.1, 0.15) is 15.9 Å². The number of hydrogen-bond acceptors (Lipinski definition) is 4. The summed E-state index contributed by atoms with van der Waals surface area (Å²) >= 11 is 0. The third-order valence-electron chi connectivity index (χ3n) is 4.71. The predicted molar refractivity (Wildman–Crippen MR) is 118 cm³/mol. The van der Waals surface area contributed by atoms with Crippen LogP contribution in [0.25, 0.3) is 10.9 Å². The number of nitrogens with zero attached hydrogens (tertiary/aromatic N) is 1. The molecule has 0 fully saturated rings. The van der Waals surface area contributed by atoms with Crippen LogP contribution in [-0.4, -0.2) is 19.3 Å². The van der Waals surface area contributed by atoms with Crippen molar-refractivity contribution in [2.75, 3.05) is 10.0 Å². The number of sulfonamides is 1. The van der Waals surface area contributed by atoms with Crippen LogP contribution in [0.15, 0.2) is 83.9 Å². The molecule has 1 heterocycles. The lowest BCUT2D eigenvalue weighted by Crippen LogP contribution is -2.15. The van der Waals surface area contributed by atoms with Gasteiger partial charge in [0.25, 0.3) is 15.9 Å². The zero-order chi connectivity index (χ0) is 22.0. The molecule has 0 spiro atoms. The Hall–Kier alpha value is -3.78. The minimum Gasteiger partial charge on any atom is -0.320 e. The summed E-state index contributed by atoms with van der Waals surface area (Å²) in [5.74, 6) is -1.03. The number of pyridine rings is 1. The Morgan fingerprint density at radius 3 is 2.55 bits per heavy atom. The maximum Gasteiger partial charge on any atom is 0.261 e. The van der Waals surface area contributed by atoms with Crippen molar-refractivity contribution >= 4 is 38.2 Å². The molecule has 3 aromatic carbocycles. The quantitative estimate of drug-likeness (QED) is 0.474. The van der Waals surface area contributed by atoms with Gasteiger partial charge in [0.15, 0.2) is 0 Å². The summed E-state index contributed by atoms with van der Waals surface area (Å²) < 4.78 is 41.4. The van der Waals surface area contributed by atoms with Crippen LogP contribution in [0, 0.1) is 12.7 Å². The molecule has 1 amide bonds. The van der Waals surface area contributed by atoms with Gasteiger partial charge >= 0.3 is 0 Å². The van der Waals surface area contributed by atoms with E-state index in [9.17, 15) is 17.6 Å². The molecule has 0 aliphatic heterocycles. The van der Waals surface area contributed by atoms with E-state index in [1.165, 1.54) is 24.3 Å². The molecule has 0 bridgehead atoms. The summed E-state index contributed by atoms with van der Waals surface area (Å²) in [6.07, 6.45) is 1.64. The highest BCUT2D eigenvalue weighted by molar-refractivity contribution is 7.92. The maximum absolute atomic E-state index is 13.8. The lowest BCUT2D eigenvalue weighted by atomic mass is 10.1. The molecule has 31 heavy (non-hydrogen) atoms. The molecule has 156 valence electrons. The van der Waals surface area contributed by atoms with Crippen LogP contribution in [0.2, 0.25) is 0 Å². The van der Waals surface area contributed by atoms with Gasteiger partial charge in [0, 0.05) is 22.8 Å². The van der Waals surface area contributed by atoms with Crippen molar-refractivity contribution in [3.8, 4) is 0 Å². The van der Waals surface area contributed by atoms with Crippen LogP contribution in [0.4, 0.5) is 15.8 Å².